The van der Waals surface area contributed by atoms with Gasteiger partial charge in [0.15, 0.2) is 0 Å². The summed E-state index contributed by atoms with van der Waals surface area (Å²) in [4.78, 5) is 0. The second kappa shape index (κ2) is 7.17. The van der Waals surface area contributed by atoms with E-state index < -0.39 is 6.10 Å². The van der Waals surface area contributed by atoms with Gasteiger partial charge < -0.3 is 9.84 Å². The van der Waals surface area contributed by atoms with Gasteiger partial charge in [0, 0.05) is 17.5 Å². The Balaban J connectivity index is 2.38. The number of rotatable bonds is 5. The predicted molar refractivity (Wildman–Crippen MR) is 87.4 cm³/mol. The van der Waals surface area contributed by atoms with Gasteiger partial charge in [0.05, 0.1) is 23.3 Å². The molecule has 0 saturated carbocycles. The van der Waals surface area contributed by atoms with Crippen LogP contribution in [-0.2, 0) is 0 Å². The number of halogens is 2. The molecule has 2 unspecified atom stereocenters. The molecule has 4 heteroatoms. The summed E-state index contributed by atoms with van der Waals surface area (Å²) >= 11 is 12.4. The second-order valence-corrected chi connectivity index (χ2v) is 5.69. The molecule has 2 atom stereocenters. The Morgan fingerprint density at radius 1 is 1.10 bits per heavy atom. The summed E-state index contributed by atoms with van der Waals surface area (Å²) in [6.07, 6.45) is 0.0823. The van der Waals surface area contributed by atoms with Gasteiger partial charge >= 0.3 is 0 Å². The monoisotopic (exact) mass is 324 g/mol. The smallest absolute Gasteiger partial charge is 0.138 e. The minimum absolute atomic E-state index is 0.0341. The fourth-order valence-corrected chi connectivity index (χ4v) is 3.00. The predicted octanol–water partition coefficient (Wildman–Crippen LogP) is 5.23. The van der Waals surface area contributed by atoms with Crippen LogP contribution in [0.5, 0.6) is 5.75 Å². The molecule has 0 saturated heterocycles. The van der Waals surface area contributed by atoms with Crippen molar-refractivity contribution in [3.63, 3.8) is 0 Å². The average Bonchev–Trinajstić information content (AvgIpc) is 2.50. The van der Waals surface area contributed by atoms with Gasteiger partial charge in [0.1, 0.15) is 5.75 Å². The van der Waals surface area contributed by atoms with Crippen LogP contribution in [0.4, 0.5) is 0 Å². The molecule has 0 aliphatic carbocycles. The van der Waals surface area contributed by atoms with E-state index in [0.717, 1.165) is 12.0 Å². The Labute approximate surface area is 135 Å². The van der Waals surface area contributed by atoms with Crippen molar-refractivity contribution in [1.82, 2.24) is 0 Å². The summed E-state index contributed by atoms with van der Waals surface area (Å²) in [6, 6.07) is 13.2. The van der Waals surface area contributed by atoms with Crippen LogP contribution in [0.1, 0.15) is 36.5 Å². The molecule has 0 bridgehead atoms. The maximum Gasteiger partial charge on any atom is 0.138 e. The Morgan fingerprint density at radius 2 is 1.76 bits per heavy atom. The van der Waals surface area contributed by atoms with Crippen molar-refractivity contribution in [2.24, 2.45) is 0 Å². The summed E-state index contributed by atoms with van der Waals surface area (Å²) in [5, 5.41) is 11.6. The SMILES string of the molecule is CCC(c1ccccc1)C(O)c1cc(Cl)c(OC)cc1Cl. The molecule has 0 heterocycles. The zero-order valence-corrected chi connectivity index (χ0v) is 13.5. The van der Waals surface area contributed by atoms with Crippen molar-refractivity contribution in [3.05, 3.63) is 63.6 Å². The third-order valence-corrected chi connectivity index (χ3v) is 4.26. The lowest BCUT2D eigenvalue weighted by molar-refractivity contribution is 0.142. The molecule has 0 aliphatic rings. The molecule has 0 aromatic heterocycles. The summed E-state index contributed by atoms with van der Waals surface area (Å²) in [5.41, 5.74) is 1.70. The highest BCUT2D eigenvalue weighted by Gasteiger charge is 2.24. The van der Waals surface area contributed by atoms with Crippen LogP contribution in [0, 0.1) is 0 Å². The van der Waals surface area contributed by atoms with Crippen molar-refractivity contribution in [2.45, 2.75) is 25.4 Å². The van der Waals surface area contributed by atoms with E-state index in [0.29, 0.717) is 21.4 Å². The van der Waals surface area contributed by atoms with Gasteiger partial charge in [-0.1, -0.05) is 60.5 Å². The molecule has 0 radical (unpaired) electrons. The van der Waals surface area contributed by atoms with E-state index in [1.807, 2.05) is 37.3 Å². The minimum atomic E-state index is -0.715. The van der Waals surface area contributed by atoms with Crippen molar-refractivity contribution in [1.29, 1.82) is 0 Å². The first-order valence-electron chi connectivity index (χ1n) is 6.84. The molecule has 0 fully saturated rings. The highest BCUT2D eigenvalue weighted by atomic mass is 35.5. The Hall–Kier alpha value is -1.22. The summed E-state index contributed by atoms with van der Waals surface area (Å²) in [5.74, 6) is 0.471. The van der Waals surface area contributed by atoms with Crippen molar-refractivity contribution >= 4 is 23.2 Å². The number of hydrogen-bond acceptors (Lipinski definition) is 2. The van der Waals surface area contributed by atoms with Gasteiger partial charge in [-0.25, -0.2) is 0 Å². The van der Waals surface area contributed by atoms with Crippen LogP contribution >= 0.6 is 23.2 Å². The first kappa shape index (κ1) is 16.2. The van der Waals surface area contributed by atoms with Crippen LogP contribution in [0.15, 0.2) is 42.5 Å². The maximum absolute atomic E-state index is 10.7. The van der Waals surface area contributed by atoms with Crippen LogP contribution in [-0.4, -0.2) is 12.2 Å². The van der Waals surface area contributed by atoms with Crippen LogP contribution < -0.4 is 4.74 Å². The third kappa shape index (κ3) is 3.52. The largest absolute Gasteiger partial charge is 0.495 e. The van der Waals surface area contributed by atoms with Crippen LogP contribution in [0.25, 0.3) is 0 Å². The lowest BCUT2D eigenvalue weighted by Gasteiger charge is -2.24. The number of benzene rings is 2. The van der Waals surface area contributed by atoms with E-state index in [9.17, 15) is 5.11 Å². The first-order valence-corrected chi connectivity index (χ1v) is 7.60. The van der Waals surface area contributed by atoms with Gasteiger partial charge in [-0.05, 0) is 18.1 Å². The number of methoxy groups -OCH3 is 1. The Kier molecular flexibility index (Phi) is 5.51. The fourth-order valence-electron chi connectivity index (χ4n) is 2.49. The normalized spacial score (nSPS) is 13.8. The van der Waals surface area contributed by atoms with Crippen LogP contribution in [0.3, 0.4) is 0 Å². The van der Waals surface area contributed by atoms with Gasteiger partial charge in [-0.3, -0.25) is 0 Å². The zero-order chi connectivity index (χ0) is 15.4. The van der Waals surface area contributed by atoms with E-state index in [-0.39, 0.29) is 5.92 Å². The molecule has 2 rings (SSSR count). The third-order valence-electron chi connectivity index (χ3n) is 3.64. The molecule has 0 spiro atoms. The van der Waals surface area contributed by atoms with E-state index in [4.69, 9.17) is 27.9 Å². The second-order valence-electron chi connectivity index (χ2n) is 4.88. The van der Waals surface area contributed by atoms with Crippen molar-refractivity contribution < 1.29 is 9.84 Å². The molecule has 112 valence electrons. The highest BCUT2D eigenvalue weighted by molar-refractivity contribution is 6.34. The summed E-state index contributed by atoms with van der Waals surface area (Å²) in [7, 11) is 1.53. The van der Waals surface area contributed by atoms with Gasteiger partial charge in [0.25, 0.3) is 0 Å². The number of ether oxygens (including phenoxy) is 1. The fraction of sp³-hybridized carbons (Fsp3) is 0.294. The van der Waals surface area contributed by atoms with Gasteiger partial charge in [-0.2, -0.15) is 0 Å². The van der Waals surface area contributed by atoms with E-state index in [2.05, 4.69) is 0 Å². The summed E-state index contributed by atoms with van der Waals surface area (Å²) < 4.78 is 5.13. The Morgan fingerprint density at radius 3 is 2.33 bits per heavy atom. The quantitative estimate of drug-likeness (QED) is 0.816. The standard InChI is InChI=1S/C17H18Cl2O2/c1-3-12(11-7-5-4-6-8-11)17(20)13-9-15(19)16(21-2)10-14(13)18/h4-10,12,17,20H,3H2,1-2H3. The van der Waals surface area contributed by atoms with Crippen molar-refractivity contribution in [3.8, 4) is 5.75 Å². The van der Waals surface area contributed by atoms with Crippen molar-refractivity contribution in [2.75, 3.05) is 7.11 Å². The maximum atomic E-state index is 10.7. The lowest BCUT2D eigenvalue weighted by Crippen LogP contribution is -2.11. The molecule has 2 aromatic carbocycles. The molecule has 0 aliphatic heterocycles. The number of aliphatic hydroxyl groups is 1. The van der Waals surface area contributed by atoms with Gasteiger partial charge in [-0.15, -0.1) is 0 Å². The van der Waals surface area contributed by atoms with E-state index in [1.54, 1.807) is 12.1 Å². The first-order chi connectivity index (χ1) is 10.1. The minimum Gasteiger partial charge on any atom is -0.495 e. The van der Waals surface area contributed by atoms with E-state index in [1.165, 1.54) is 7.11 Å². The van der Waals surface area contributed by atoms with Crippen LogP contribution in [0.2, 0.25) is 10.0 Å². The number of aliphatic hydroxyl groups excluding tert-OH is 1. The Bertz CT molecular complexity index is 599. The lowest BCUT2D eigenvalue weighted by atomic mass is 9.87. The molecule has 2 aromatic rings. The molecular weight excluding hydrogens is 307 g/mol. The average molecular weight is 325 g/mol. The van der Waals surface area contributed by atoms with Gasteiger partial charge in [0.2, 0.25) is 0 Å². The molecule has 2 nitrogen and oxygen atoms in total. The highest BCUT2D eigenvalue weighted by Crippen LogP contribution is 2.40. The molecular formula is C17H18Cl2O2. The topological polar surface area (TPSA) is 29.5 Å². The van der Waals surface area contributed by atoms with E-state index >= 15 is 0 Å². The molecule has 0 amide bonds. The summed E-state index contributed by atoms with van der Waals surface area (Å²) in [6.45, 7) is 2.04. The molecule has 21 heavy (non-hydrogen) atoms. The zero-order valence-electron chi connectivity index (χ0n) is 12.0. The number of hydrogen-bond donors (Lipinski definition) is 1. The molecule has 1 N–H and O–H groups in total.